The Bertz CT molecular complexity index is 3420. The smallest absolute Gasteiger partial charge is 0.0622 e. The number of hydrogen-bond donors (Lipinski definition) is 0. The van der Waals surface area contributed by atoms with Crippen LogP contribution in [0.5, 0.6) is 0 Å². The van der Waals surface area contributed by atoms with Crippen molar-refractivity contribution in [2.24, 2.45) is 0 Å². The fourth-order valence-corrected chi connectivity index (χ4v) is 11.8. The highest BCUT2D eigenvalue weighted by molar-refractivity contribution is 5.96. The van der Waals surface area contributed by atoms with Gasteiger partial charge in [-0.15, -0.1) is 0 Å². The summed E-state index contributed by atoms with van der Waals surface area (Å²) in [5, 5.41) is 0. The van der Waals surface area contributed by atoms with Crippen LogP contribution in [0.2, 0.25) is 0 Å². The summed E-state index contributed by atoms with van der Waals surface area (Å²) < 4.78 is 0. The standard InChI is InChI=1S/C67H52/c1-44-21-31-50(32-22-44)57-17-12-20-62-65(57)59-16-9-11-19-61(59)66(62,53-33-23-45(2)24-34-53)56-39-29-48(30-40-56)41-52-42-51(49-13-6-5-7-14-49)43-63-64(52)58-15-8-10-18-60(58)67(63,54-35-25-46(3)26-36-54)55-37-27-47(4)28-38-55/h5-40,42-43H,41H2,1-4H3. The van der Waals surface area contributed by atoms with Crippen LogP contribution in [0, 0.1) is 27.7 Å². The van der Waals surface area contributed by atoms with E-state index in [1.54, 1.807) is 0 Å². The molecule has 10 aromatic rings. The predicted octanol–water partition coefficient (Wildman–Crippen LogP) is 16.6. The molecule has 0 amide bonds. The molecule has 2 aliphatic carbocycles. The third-order valence-corrected chi connectivity index (χ3v) is 15.0. The van der Waals surface area contributed by atoms with Crippen LogP contribution in [-0.2, 0) is 17.3 Å². The lowest BCUT2D eigenvalue weighted by atomic mass is 9.67. The molecule has 0 aromatic heterocycles. The van der Waals surface area contributed by atoms with Crippen LogP contribution in [0.3, 0.4) is 0 Å². The molecule has 0 bridgehead atoms. The highest BCUT2D eigenvalue weighted by atomic mass is 14.5. The van der Waals surface area contributed by atoms with Crippen molar-refractivity contribution in [3.8, 4) is 44.5 Å². The van der Waals surface area contributed by atoms with Crippen molar-refractivity contribution >= 4 is 0 Å². The first-order chi connectivity index (χ1) is 32.8. The summed E-state index contributed by atoms with van der Waals surface area (Å²) in [5.74, 6) is 0. The van der Waals surface area contributed by atoms with Gasteiger partial charge in [0.15, 0.2) is 0 Å². The Kier molecular flexibility index (Phi) is 9.70. The second-order valence-corrected chi connectivity index (χ2v) is 19.1. The van der Waals surface area contributed by atoms with Crippen LogP contribution < -0.4 is 0 Å². The Hall–Kier alpha value is -7.80. The number of aryl methyl sites for hydroxylation is 4. The van der Waals surface area contributed by atoms with Crippen molar-refractivity contribution in [3.05, 3.63) is 308 Å². The second kappa shape index (κ2) is 16.0. The van der Waals surface area contributed by atoms with Gasteiger partial charge in [0.05, 0.1) is 10.8 Å². The molecule has 12 rings (SSSR count). The van der Waals surface area contributed by atoms with Crippen LogP contribution in [-0.4, -0.2) is 0 Å². The normalized spacial score (nSPS) is 15.1. The first-order valence-electron chi connectivity index (χ1n) is 23.8. The summed E-state index contributed by atoms with van der Waals surface area (Å²) in [6.07, 6.45) is 0.789. The van der Waals surface area contributed by atoms with Crippen LogP contribution in [0.25, 0.3) is 44.5 Å². The van der Waals surface area contributed by atoms with E-state index in [1.165, 1.54) is 122 Å². The Morgan fingerprint density at radius 3 is 1.24 bits per heavy atom. The average Bonchev–Trinajstić information content (AvgIpc) is 3.84. The van der Waals surface area contributed by atoms with Gasteiger partial charge in [0.1, 0.15) is 0 Å². The molecule has 0 nitrogen and oxygen atoms in total. The molecule has 0 radical (unpaired) electrons. The van der Waals surface area contributed by atoms with E-state index in [4.69, 9.17) is 0 Å². The molecule has 0 aliphatic heterocycles. The van der Waals surface area contributed by atoms with Crippen molar-refractivity contribution in [1.29, 1.82) is 0 Å². The van der Waals surface area contributed by atoms with Crippen molar-refractivity contribution < 1.29 is 0 Å². The summed E-state index contributed by atoms with van der Waals surface area (Å²) in [6.45, 7) is 8.72. The van der Waals surface area contributed by atoms with E-state index in [2.05, 4.69) is 258 Å². The molecule has 0 saturated heterocycles. The zero-order valence-corrected chi connectivity index (χ0v) is 38.6. The zero-order chi connectivity index (χ0) is 45.3. The van der Waals surface area contributed by atoms with Gasteiger partial charge in [0, 0.05) is 0 Å². The summed E-state index contributed by atoms with van der Waals surface area (Å²) >= 11 is 0. The van der Waals surface area contributed by atoms with Gasteiger partial charge in [0.2, 0.25) is 0 Å². The highest BCUT2D eigenvalue weighted by Gasteiger charge is 2.48. The van der Waals surface area contributed by atoms with Crippen molar-refractivity contribution in [2.75, 3.05) is 0 Å². The van der Waals surface area contributed by atoms with E-state index < -0.39 is 10.8 Å². The molecule has 10 aromatic carbocycles. The average molecular weight is 857 g/mol. The maximum absolute atomic E-state index is 2.50. The number of rotatable bonds is 8. The lowest BCUT2D eigenvalue weighted by molar-refractivity contribution is 0.766. The van der Waals surface area contributed by atoms with E-state index in [0.717, 1.165) is 6.42 Å². The minimum absolute atomic E-state index is 0.502. The van der Waals surface area contributed by atoms with Gasteiger partial charge < -0.3 is 0 Å². The summed E-state index contributed by atoms with van der Waals surface area (Å²) in [7, 11) is 0. The fourth-order valence-electron chi connectivity index (χ4n) is 11.8. The molecule has 2 aliphatic rings. The molecular weight excluding hydrogens is 805 g/mol. The zero-order valence-electron chi connectivity index (χ0n) is 38.6. The summed E-state index contributed by atoms with van der Waals surface area (Å²) in [5.41, 5.74) is 27.4. The lowest BCUT2D eigenvalue weighted by Gasteiger charge is -2.34. The monoisotopic (exact) mass is 856 g/mol. The number of benzene rings is 10. The van der Waals surface area contributed by atoms with Crippen LogP contribution in [0.4, 0.5) is 0 Å². The van der Waals surface area contributed by atoms with Crippen LogP contribution in [0.1, 0.15) is 77.9 Å². The minimum Gasteiger partial charge on any atom is -0.0622 e. The third-order valence-electron chi connectivity index (χ3n) is 15.0. The van der Waals surface area contributed by atoms with Gasteiger partial charge in [-0.1, -0.05) is 247 Å². The Balaban J connectivity index is 1.06. The van der Waals surface area contributed by atoms with Crippen molar-refractivity contribution in [1.82, 2.24) is 0 Å². The van der Waals surface area contributed by atoms with Crippen molar-refractivity contribution in [3.63, 3.8) is 0 Å². The maximum Gasteiger partial charge on any atom is 0.0713 e. The topological polar surface area (TPSA) is 0 Å². The summed E-state index contributed by atoms with van der Waals surface area (Å²) in [6, 6.07) is 87.7. The molecule has 67 heavy (non-hydrogen) atoms. The maximum atomic E-state index is 2.50. The Morgan fingerprint density at radius 2 is 0.701 bits per heavy atom. The fraction of sp³-hybridized carbons (Fsp3) is 0.104. The Morgan fingerprint density at radius 1 is 0.284 bits per heavy atom. The van der Waals surface area contributed by atoms with Gasteiger partial charge in [-0.05, 0) is 140 Å². The SMILES string of the molecule is Cc1ccc(-c2cccc3c2-c2ccccc2C3(c2ccc(C)cc2)c2ccc(Cc3cc(-c4ccccc4)cc4c3-c3ccccc3C4(c3ccc(C)cc3)c3ccc(C)cc3)cc2)cc1. The van der Waals surface area contributed by atoms with Gasteiger partial charge >= 0.3 is 0 Å². The highest BCUT2D eigenvalue weighted by Crippen LogP contribution is 2.60. The molecule has 1 atom stereocenters. The van der Waals surface area contributed by atoms with Gasteiger partial charge in [0.25, 0.3) is 0 Å². The van der Waals surface area contributed by atoms with E-state index in [0.29, 0.717) is 0 Å². The van der Waals surface area contributed by atoms with Gasteiger partial charge in [-0.2, -0.15) is 0 Å². The molecule has 1 unspecified atom stereocenters. The molecule has 0 spiro atoms. The van der Waals surface area contributed by atoms with E-state index in [-0.39, 0.29) is 0 Å². The molecule has 320 valence electrons. The van der Waals surface area contributed by atoms with Crippen molar-refractivity contribution in [2.45, 2.75) is 44.9 Å². The van der Waals surface area contributed by atoms with Crippen LogP contribution >= 0.6 is 0 Å². The quantitative estimate of drug-likeness (QED) is 0.143. The molecule has 0 heterocycles. The molecule has 0 fully saturated rings. The van der Waals surface area contributed by atoms with E-state index in [9.17, 15) is 0 Å². The van der Waals surface area contributed by atoms with Gasteiger partial charge in [-0.25, -0.2) is 0 Å². The molecule has 0 heteroatoms. The first-order valence-corrected chi connectivity index (χ1v) is 23.8. The minimum atomic E-state index is -0.506. The lowest BCUT2D eigenvalue weighted by Crippen LogP contribution is -2.28. The summed E-state index contributed by atoms with van der Waals surface area (Å²) in [4.78, 5) is 0. The number of fused-ring (bicyclic) bond motifs is 6. The third kappa shape index (κ3) is 6.35. The molecule has 0 saturated carbocycles. The predicted molar refractivity (Wildman–Crippen MR) is 280 cm³/mol. The Labute approximate surface area is 395 Å². The van der Waals surface area contributed by atoms with E-state index in [1.807, 2.05) is 0 Å². The second-order valence-electron chi connectivity index (χ2n) is 19.1. The van der Waals surface area contributed by atoms with Crippen LogP contribution in [0.15, 0.2) is 231 Å². The van der Waals surface area contributed by atoms with E-state index >= 15 is 0 Å². The van der Waals surface area contributed by atoms with Gasteiger partial charge in [-0.3, -0.25) is 0 Å². The molecule has 0 N–H and O–H groups in total. The largest absolute Gasteiger partial charge is 0.0713 e. The number of hydrogen-bond acceptors (Lipinski definition) is 0. The first kappa shape index (κ1) is 40.7. The molecular formula is C67H52.